The Labute approximate surface area is 190 Å². The van der Waals surface area contributed by atoms with Gasteiger partial charge >= 0.3 is 0 Å². The van der Waals surface area contributed by atoms with Gasteiger partial charge in [0.15, 0.2) is 5.78 Å². The van der Waals surface area contributed by atoms with E-state index in [2.05, 4.69) is 0 Å². The first-order valence-corrected chi connectivity index (χ1v) is 12.8. The summed E-state index contributed by atoms with van der Waals surface area (Å²) in [6.07, 6.45) is 2.41. The number of carbonyl (C=O) groups excluding carboxylic acids is 2. The minimum absolute atomic E-state index is 0.0270. The Balaban J connectivity index is 1.41. The number of nitrogens with zero attached hydrogens (tertiary/aromatic N) is 1. The highest BCUT2D eigenvalue weighted by atomic mass is 32.2. The fourth-order valence-corrected chi connectivity index (χ4v) is 7.02. The van der Waals surface area contributed by atoms with Crippen molar-refractivity contribution in [2.75, 3.05) is 13.1 Å². The molecule has 1 aliphatic carbocycles. The normalized spacial score (nSPS) is 23.1. The average molecular weight is 454 g/mol. The summed E-state index contributed by atoms with van der Waals surface area (Å²) in [5.74, 6) is -0.560. The monoisotopic (exact) mass is 453 g/mol. The number of hydrogen-bond donors (Lipinski definition) is 0. The second-order valence-corrected chi connectivity index (χ2v) is 11.3. The maximum absolute atomic E-state index is 13.3. The third-order valence-electron chi connectivity index (χ3n) is 7.06. The number of benzene rings is 2. The Morgan fingerprint density at radius 2 is 1.53 bits per heavy atom. The summed E-state index contributed by atoms with van der Waals surface area (Å²) in [4.78, 5) is 26.4. The standard InChI is InChI=1S/C26H31NO4S/c1-17-13-18(2)24(19(3)14-17)25-23(28)16-21(26(25)29)15-20-9-11-27(12-10-20)32(30,31)22-7-5-4-6-8-22/h4-8,13-14,20-21,25H,9-12,15-16H2,1-3H3. The second kappa shape index (κ2) is 8.91. The molecule has 2 aliphatic rings. The van der Waals surface area contributed by atoms with E-state index in [1.165, 1.54) is 0 Å². The molecule has 1 aliphatic heterocycles. The quantitative estimate of drug-likeness (QED) is 0.631. The highest BCUT2D eigenvalue weighted by Crippen LogP contribution is 2.40. The third-order valence-corrected chi connectivity index (χ3v) is 8.97. The molecule has 1 saturated heterocycles. The van der Waals surface area contributed by atoms with Crippen molar-refractivity contribution in [1.82, 2.24) is 4.31 Å². The van der Waals surface area contributed by atoms with Gasteiger partial charge in [-0.15, -0.1) is 0 Å². The molecule has 32 heavy (non-hydrogen) atoms. The average Bonchev–Trinajstić information content (AvgIpc) is 3.02. The highest BCUT2D eigenvalue weighted by molar-refractivity contribution is 7.89. The molecular weight excluding hydrogens is 422 g/mol. The zero-order valence-corrected chi connectivity index (χ0v) is 19.8. The Morgan fingerprint density at radius 1 is 0.938 bits per heavy atom. The van der Waals surface area contributed by atoms with E-state index in [-0.39, 0.29) is 23.4 Å². The van der Waals surface area contributed by atoms with Crippen LogP contribution in [-0.2, 0) is 19.6 Å². The van der Waals surface area contributed by atoms with Crippen LogP contribution in [0.3, 0.4) is 0 Å². The highest BCUT2D eigenvalue weighted by Gasteiger charge is 2.44. The molecule has 5 nitrogen and oxygen atoms in total. The lowest BCUT2D eigenvalue weighted by Gasteiger charge is -2.32. The van der Waals surface area contributed by atoms with Gasteiger partial charge in [-0.25, -0.2) is 8.42 Å². The van der Waals surface area contributed by atoms with Crippen LogP contribution < -0.4 is 0 Å². The molecule has 2 fully saturated rings. The third kappa shape index (κ3) is 4.30. The number of sulfonamides is 1. The van der Waals surface area contributed by atoms with Crippen LogP contribution in [0.25, 0.3) is 0 Å². The first kappa shape index (κ1) is 22.9. The van der Waals surface area contributed by atoms with Crippen LogP contribution in [0.4, 0.5) is 0 Å². The summed E-state index contributed by atoms with van der Waals surface area (Å²) in [5.41, 5.74) is 4.04. The lowest BCUT2D eigenvalue weighted by atomic mass is 9.83. The topological polar surface area (TPSA) is 71.5 Å². The maximum atomic E-state index is 13.3. The van der Waals surface area contributed by atoms with Gasteiger partial charge in [0.25, 0.3) is 0 Å². The van der Waals surface area contributed by atoms with Gasteiger partial charge in [0.1, 0.15) is 11.7 Å². The fourth-order valence-electron chi connectivity index (χ4n) is 5.53. The molecule has 2 aromatic rings. The number of carbonyl (C=O) groups is 2. The lowest BCUT2D eigenvalue weighted by molar-refractivity contribution is -0.125. The van der Waals surface area contributed by atoms with Crippen LogP contribution in [-0.4, -0.2) is 37.4 Å². The van der Waals surface area contributed by atoms with E-state index >= 15 is 0 Å². The summed E-state index contributed by atoms with van der Waals surface area (Å²) in [7, 11) is -3.48. The molecule has 170 valence electrons. The Kier molecular flexibility index (Phi) is 6.37. The number of hydrogen-bond acceptors (Lipinski definition) is 4. The Hall–Kier alpha value is -2.31. The number of rotatable bonds is 5. The van der Waals surface area contributed by atoms with Crippen LogP contribution in [0, 0.1) is 32.6 Å². The largest absolute Gasteiger partial charge is 0.298 e. The first-order chi connectivity index (χ1) is 15.2. The molecule has 0 radical (unpaired) electrons. The van der Waals surface area contributed by atoms with Crippen molar-refractivity contribution in [2.24, 2.45) is 11.8 Å². The van der Waals surface area contributed by atoms with Crippen molar-refractivity contribution < 1.29 is 18.0 Å². The summed E-state index contributed by atoms with van der Waals surface area (Å²) < 4.78 is 27.2. The van der Waals surface area contributed by atoms with Gasteiger partial charge in [-0.1, -0.05) is 35.9 Å². The predicted octanol–water partition coefficient (Wildman–Crippen LogP) is 4.34. The number of Topliss-reactive ketones (excluding diaryl/α,β-unsaturated/α-hetero) is 2. The molecule has 2 unspecified atom stereocenters. The molecule has 0 spiro atoms. The van der Waals surface area contributed by atoms with E-state index in [4.69, 9.17) is 0 Å². The Bertz CT molecular complexity index is 1110. The first-order valence-electron chi connectivity index (χ1n) is 11.4. The maximum Gasteiger partial charge on any atom is 0.243 e. The van der Waals surface area contributed by atoms with Crippen LogP contribution in [0.1, 0.15) is 53.9 Å². The smallest absolute Gasteiger partial charge is 0.243 e. The van der Waals surface area contributed by atoms with E-state index in [1.54, 1.807) is 34.6 Å². The van der Waals surface area contributed by atoms with Gasteiger partial charge in [-0.2, -0.15) is 4.31 Å². The number of piperidine rings is 1. The lowest BCUT2D eigenvalue weighted by Crippen LogP contribution is -2.39. The van der Waals surface area contributed by atoms with E-state index < -0.39 is 15.9 Å². The van der Waals surface area contributed by atoms with Gasteiger partial charge in [0.05, 0.1) is 4.90 Å². The molecule has 0 aromatic heterocycles. The van der Waals surface area contributed by atoms with Gasteiger partial charge in [0, 0.05) is 25.4 Å². The number of ketones is 2. The number of aryl methyl sites for hydroxylation is 3. The Morgan fingerprint density at radius 3 is 2.12 bits per heavy atom. The van der Waals surface area contributed by atoms with Crippen molar-refractivity contribution in [2.45, 2.75) is 57.3 Å². The van der Waals surface area contributed by atoms with Crippen molar-refractivity contribution in [3.8, 4) is 0 Å². The molecular formula is C26H31NO4S. The fraction of sp³-hybridized carbons (Fsp3) is 0.462. The second-order valence-electron chi connectivity index (χ2n) is 9.41. The molecule has 1 saturated carbocycles. The summed E-state index contributed by atoms with van der Waals surface area (Å²) in [6.45, 7) is 6.89. The molecule has 6 heteroatoms. The zero-order valence-electron chi connectivity index (χ0n) is 19.0. The van der Waals surface area contributed by atoms with Crippen LogP contribution >= 0.6 is 0 Å². The zero-order chi connectivity index (χ0) is 23.0. The summed E-state index contributed by atoms with van der Waals surface area (Å²) >= 11 is 0. The van der Waals surface area contributed by atoms with Crippen molar-refractivity contribution >= 4 is 21.6 Å². The summed E-state index contributed by atoms with van der Waals surface area (Å²) in [6, 6.07) is 12.6. The van der Waals surface area contributed by atoms with E-state index in [1.807, 2.05) is 32.9 Å². The van der Waals surface area contributed by atoms with E-state index in [0.717, 1.165) is 35.1 Å². The van der Waals surface area contributed by atoms with Crippen molar-refractivity contribution in [3.63, 3.8) is 0 Å². The van der Waals surface area contributed by atoms with E-state index in [9.17, 15) is 18.0 Å². The van der Waals surface area contributed by atoms with Crippen LogP contribution in [0.5, 0.6) is 0 Å². The SMILES string of the molecule is Cc1cc(C)c(C2C(=O)CC(CC3CCN(S(=O)(=O)c4ccccc4)CC3)C2=O)c(C)c1. The molecule has 0 bridgehead atoms. The van der Waals surface area contributed by atoms with E-state index in [0.29, 0.717) is 30.8 Å². The van der Waals surface area contributed by atoms with Gasteiger partial charge < -0.3 is 0 Å². The van der Waals surface area contributed by atoms with Gasteiger partial charge in [-0.3, -0.25) is 9.59 Å². The molecule has 4 rings (SSSR count). The predicted molar refractivity (Wildman–Crippen MR) is 124 cm³/mol. The van der Waals surface area contributed by atoms with Gasteiger partial charge in [0.2, 0.25) is 10.0 Å². The van der Waals surface area contributed by atoms with Gasteiger partial charge in [-0.05, 0) is 74.8 Å². The molecule has 0 N–H and O–H groups in total. The minimum atomic E-state index is -3.48. The van der Waals surface area contributed by atoms with Crippen LogP contribution in [0.2, 0.25) is 0 Å². The summed E-state index contributed by atoms with van der Waals surface area (Å²) in [5, 5.41) is 0. The minimum Gasteiger partial charge on any atom is -0.298 e. The molecule has 0 amide bonds. The molecule has 2 aromatic carbocycles. The van der Waals surface area contributed by atoms with Crippen molar-refractivity contribution in [3.05, 3.63) is 64.7 Å². The molecule has 1 heterocycles. The molecule has 2 atom stereocenters. The van der Waals surface area contributed by atoms with Crippen molar-refractivity contribution in [1.29, 1.82) is 0 Å². The van der Waals surface area contributed by atoms with Crippen LogP contribution in [0.15, 0.2) is 47.4 Å².